The first-order chi connectivity index (χ1) is 14.4. The second-order valence-electron chi connectivity index (χ2n) is 8.66. The SMILES string of the molecule is CC(C)C(NC(=O)CN1C(=O)NC2(CCCC2)C1=O)c1ccc2c(c1)OCCCO2. The number of imide groups is 1. The molecule has 1 aliphatic carbocycles. The van der Waals surface area contributed by atoms with Gasteiger partial charge in [-0.1, -0.05) is 32.8 Å². The van der Waals surface area contributed by atoms with Crippen LogP contribution in [-0.2, 0) is 9.59 Å². The molecule has 0 radical (unpaired) electrons. The van der Waals surface area contributed by atoms with Gasteiger partial charge in [-0.25, -0.2) is 4.79 Å². The van der Waals surface area contributed by atoms with Gasteiger partial charge in [0.2, 0.25) is 5.91 Å². The number of hydrogen-bond donors (Lipinski definition) is 2. The zero-order chi connectivity index (χ0) is 21.3. The molecule has 1 saturated carbocycles. The second-order valence-corrected chi connectivity index (χ2v) is 8.66. The van der Waals surface area contributed by atoms with Crippen molar-refractivity contribution in [2.75, 3.05) is 19.8 Å². The molecule has 1 spiro atoms. The highest BCUT2D eigenvalue weighted by molar-refractivity contribution is 6.09. The van der Waals surface area contributed by atoms with E-state index in [1.54, 1.807) is 0 Å². The number of ether oxygens (including phenoxy) is 2. The summed E-state index contributed by atoms with van der Waals surface area (Å²) in [7, 11) is 0. The number of carbonyl (C=O) groups excluding carboxylic acids is 3. The van der Waals surface area contributed by atoms with Crippen LogP contribution in [0.4, 0.5) is 4.79 Å². The van der Waals surface area contributed by atoms with Crippen molar-refractivity contribution in [1.82, 2.24) is 15.5 Å². The van der Waals surface area contributed by atoms with Crippen LogP contribution in [0.25, 0.3) is 0 Å². The topological polar surface area (TPSA) is 97.0 Å². The molecule has 8 nitrogen and oxygen atoms in total. The Morgan fingerprint density at radius 1 is 1.13 bits per heavy atom. The molecule has 8 heteroatoms. The minimum atomic E-state index is -0.802. The average molecular weight is 415 g/mol. The van der Waals surface area contributed by atoms with Crippen molar-refractivity contribution < 1.29 is 23.9 Å². The Labute approximate surface area is 176 Å². The Morgan fingerprint density at radius 3 is 2.53 bits per heavy atom. The lowest BCUT2D eigenvalue weighted by atomic mass is 9.95. The monoisotopic (exact) mass is 415 g/mol. The number of hydrogen-bond acceptors (Lipinski definition) is 5. The fourth-order valence-electron chi connectivity index (χ4n) is 4.51. The van der Waals surface area contributed by atoms with E-state index in [1.807, 2.05) is 32.0 Å². The number of nitrogens with one attached hydrogen (secondary N) is 2. The lowest BCUT2D eigenvalue weighted by Crippen LogP contribution is -2.46. The summed E-state index contributed by atoms with van der Waals surface area (Å²) in [5, 5.41) is 5.80. The van der Waals surface area contributed by atoms with Crippen LogP contribution in [0.2, 0.25) is 0 Å². The van der Waals surface area contributed by atoms with Crippen molar-refractivity contribution in [3.63, 3.8) is 0 Å². The fourth-order valence-corrected chi connectivity index (χ4v) is 4.51. The summed E-state index contributed by atoms with van der Waals surface area (Å²) in [5.74, 6) is 0.826. The highest BCUT2D eigenvalue weighted by Crippen LogP contribution is 2.36. The van der Waals surface area contributed by atoms with Crippen molar-refractivity contribution in [2.45, 2.75) is 57.5 Å². The molecule has 4 rings (SSSR count). The Hall–Kier alpha value is -2.77. The van der Waals surface area contributed by atoms with E-state index in [2.05, 4.69) is 10.6 Å². The second kappa shape index (κ2) is 8.16. The van der Waals surface area contributed by atoms with Crippen LogP contribution in [0, 0.1) is 5.92 Å². The maximum absolute atomic E-state index is 12.8. The van der Waals surface area contributed by atoms with Gasteiger partial charge in [-0.15, -0.1) is 0 Å². The molecule has 2 heterocycles. The molecular formula is C22H29N3O5. The molecular weight excluding hydrogens is 386 g/mol. The smallest absolute Gasteiger partial charge is 0.325 e. The number of benzene rings is 1. The molecule has 0 bridgehead atoms. The van der Waals surface area contributed by atoms with Crippen molar-refractivity contribution in [3.05, 3.63) is 23.8 Å². The summed E-state index contributed by atoms with van der Waals surface area (Å²) in [6.45, 7) is 4.94. The lowest BCUT2D eigenvalue weighted by Gasteiger charge is -2.25. The molecule has 30 heavy (non-hydrogen) atoms. The summed E-state index contributed by atoms with van der Waals surface area (Å²) in [5.41, 5.74) is 0.0930. The van der Waals surface area contributed by atoms with Gasteiger partial charge in [-0.2, -0.15) is 0 Å². The molecule has 1 aromatic carbocycles. The molecule has 2 fully saturated rings. The van der Waals surface area contributed by atoms with E-state index < -0.39 is 11.6 Å². The third-order valence-electron chi connectivity index (χ3n) is 6.12. The standard InChI is InChI=1S/C22H29N3O5/c1-14(2)19(15-6-7-16-17(12-15)30-11-5-10-29-16)23-18(26)13-25-20(27)22(24-21(25)28)8-3-4-9-22/h6-7,12,14,19H,3-5,8-11,13H2,1-2H3,(H,23,26)(H,24,28). The van der Waals surface area contributed by atoms with Gasteiger partial charge in [0.25, 0.3) is 5.91 Å². The molecule has 2 N–H and O–H groups in total. The molecule has 1 aromatic rings. The number of nitrogens with zero attached hydrogens (tertiary/aromatic N) is 1. The van der Waals surface area contributed by atoms with E-state index in [0.29, 0.717) is 37.6 Å². The molecule has 2 aliphatic heterocycles. The molecule has 0 aromatic heterocycles. The lowest BCUT2D eigenvalue weighted by molar-refractivity contribution is -0.135. The van der Waals surface area contributed by atoms with E-state index in [-0.39, 0.29) is 30.3 Å². The van der Waals surface area contributed by atoms with Crippen LogP contribution in [0.15, 0.2) is 18.2 Å². The largest absolute Gasteiger partial charge is 0.490 e. The highest BCUT2D eigenvalue weighted by Gasteiger charge is 2.52. The van der Waals surface area contributed by atoms with Gasteiger partial charge in [-0.3, -0.25) is 14.5 Å². The Balaban J connectivity index is 1.46. The van der Waals surface area contributed by atoms with Crippen LogP contribution in [0.1, 0.15) is 57.6 Å². The maximum Gasteiger partial charge on any atom is 0.325 e. The fraction of sp³-hybridized carbons (Fsp3) is 0.591. The predicted octanol–water partition coefficient (Wildman–Crippen LogP) is 2.53. The third-order valence-corrected chi connectivity index (χ3v) is 6.12. The Bertz CT molecular complexity index is 847. The van der Waals surface area contributed by atoms with Crippen molar-refractivity contribution in [1.29, 1.82) is 0 Å². The van der Waals surface area contributed by atoms with Gasteiger partial charge in [0, 0.05) is 6.42 Å². The maximum atomic E-state index is 12.8. The Kier molecular flexibility index (Phi) is 5.58. The average Bonchev–Trinajstić information content (AvgIpc) is 3.17. The Morgan fingerprint density at radius 2 is 1.83 bits per heavy atom. The number of amides is 4. The quantitative estimate of drug-likeness (QED) is 0.721. The number of fused-ring (bicyclic) bond motifs is 1. The zero-order valence-corrected chi connectivity index (χ0v) is 17.5. The van der Waals surface area contributed by atoms with E-state index in [0.717, 1.165) is 29.7 Å². The molecule has 3 aliphatic rings. The first-order valence-electron chi connectivity index (χ1n) is 10.7. The first-order valence-corrected chi connectivity index (χ1v) is 10.7. The molecule has 1 unspecified atom stereocenters. The van der Waals surface area contributed by atoms with Crippen LogP contribution in [0.5, 0.6) is 11.5 Å². The third kappa shape index (κ3) is 3.82. The molecule has 4 amide bonds. The van der Waals surface area contributed by atoms with Crippen molar-refractivity contribution in [2.24, 2.45) is 5.92 Å². The van der Waals surface area contributed by atoms with E-state index in [9.17, 15) is 14.4 Å². The van der Waals surface area contributed by atoms with E-state index in [4.69, 9.17) is 9.47 Å². The minimum absolute atomic E-state index is 0.1000. The minimum Gasteiger partial charge on any atom is -0.490 e. The summed E-state index contributed by atoms with van der Waals surface area (Å²) >= 11 is 0. The van der Waals surface area contributed by atoms with Gasteiger partial charge in [0.15, 0.2) is 11.5 Å². The zero-order valence-electron chi connectivity index (χ0n) is 17.5. The summed E-state index contributed by atoms with van der Waals surface area (Å²) in [6, 6.07) is 4.91. The molecule has 162 valence electrons. The van der Waals surface area contributed by atoms with Crippen LogP contribution in [0.3, 0.4) is 0 Å². The van der Waals surface area contributed by atoms with Crippen LogP contribution >= 0.6 is 0 Å². The molecule has 1 saturated heterocycles. The highest BCUT2D eigenvalue weighted by atomic mass is 16.5. The molecule has 1 atom stereocenters. The number of rotatable bonds is 5. The van der Waals surface area contributed by atoms with Crippen LogP contribution in [-0.4, -0.2) is 48.0 Å². The summed E-state index contributed by atoms with van der Waals surface area (Å²) in [4.78, 5) is 39.0. The van der Waals surface area contributed by atoms with Crippen LogP contribution < -0.4 is 20.1 Å². The predicted molar refractivity (Wildman–Crippen MR) is 109 cm³/mol. The van der Waals surface area contributed by atoms with Gasteiger partial charge in [0.05, 0.1) is 19.3 Å². The number of urea groups is 1. The van der Waals surface area contributed by atoms with E-state index in [1.165, 1.54) is 0 Å². The van der Waals surface area contributed by atoms with Gasteiger partial charge < -0.3 is 20.1 Å². The van der Waals surface area contributed by atoms with Gasteiger partial charge >= 0.3 is 6.03 Å². The van der Waals surface area contributed by atoms with Crippen molar-refractivity contribution >= 4 is 17.8 Å². The first kappa shape index (κ1) is 20.5. The van der Waals surface area contributed by atoms with Gasteiger partial charge in [0.1, 0.15) is 12.1 Å². The van der Waals surface area contributed by atoms with Gasteiger partial charge in [-0.05, 0) is 36.5 Å². The van der Waals surface area contributed by atoms with E-state index >= 15 is 0 Å². The summed E-state index contributed by atoms with van der Waals surface area (Å²) < 4.78 is 11.5. The number of carbonyl (C=O) groups is 3. The summed E-state index contributed by atoms with van der Waals surface area (Å²) in [6.07, 6.45) is 3.92. The normalized spacial score (nSPS) is 21.0. The van der Waals surface area contributed by atoms with Crippen molar-refractivity contribution in [3.8, 4) is 11.5 Å².